The molecule has 0 saturated carbocycles. The largest absolute Gasteiger partial charge is 0.441 e. The monoisotopic (exact) mass is 358 g/mol. The van der Waals surface area contributed by atoms with Gasteiger partial charge in [-0.05, 0) is 36.2 Å². The van der Waals surface area contributed by atoms with Gasteiger partial charge in [-0.25, -0.2) is 13.2 Å². The standard InChI is InChI=1S/C20H15F3NO2/c1-11(12(2)25)19-16(22)4-3-5-18(19)26-15-8-13-6-7-14(21)9-17(23)20(13)24-10-15/h3-8,11H,9H2,1-2H3/q+1. The molecule has 0 N–H and O–H groups in total. The zero-order chi connectivity index (χ0) is 18.8. The first-order valence-corrected chi connectivity index (χ1v) is 7.97. The number of Topliss-reactive ketones (excluding diaryl/α,β-unsaturated/α-hetero) is 1. The summed E-state index contributed by atoms with van der Waals surface area (Å²) in [5.41, 5.74) is 0.121. The number of carbonyl (C=O) groups is 1. The van der Waals surface area contributed by atoms with Crippen molar-refractivity contribution in [2.45, 2.75) is 26.2 Å². The van der Waals surface area contributed by atoms with Crippen LogP contribution >= 0.6 is 0 Å². The van der Waals surface area contributed by atoms with Gasteiger partial charge in [0.2, 0.25) is 0 Å². The number of carbonyl (C=O) groups excluding carboxylic acids is 1. The molecule has 6 heteroatoms. The molecule has 1 unspecified atom stereocenters. The fourth-order valence-corrected chi connectivity index (χ4v) is 2.63. The molecule has 1 heterocycles. The quantitative estimate of drug-likeness (QED) is 0.844. The number of hydrogen-bond acceptors (Lipinski definition) is 2. The van der Waals surface area contributed by atoms with Crippen molar-refractivity contribution in [1.82, 2.24) is 0 Å². The van der Waals surface area contributed by atoms with Gasteiger partial charge in [-0.2, -0.15) is 0 Å². The fraction of sp³-hybridized carbons (Fsp3) is 0.200. The molecule has 1 aromatic heterocycles. The van der Waals surface area contributed by atoms with Gasteiger partial charge in [0, 0.05) is 17.5 Å². The van der Waals surface area contributed by atoms with Crippen molar-refractivity contribution in [3.8, 4) is 11.5 Å². The second kappa shape index (κ2) is 7.04. The van der Waals surface area contributed by atoms with Gasteiger partial charge in [-0.3, -0.25) is 4.79 Å². The number of ketones is 1. The van der Waals surface area contributed by atoms with E-state index in [1.807, 2.05) is 0 Å². The van der Waals surface area contributed by atoms with Gasteiger partial charge >= 0.3 is 11.5 Å². The second-order valence-electron chi connectivity index (χ2n) is 5.98. The van der Waals surface area contributed by atoms with Gasteiger partial charge in [-0.1, -0.05) is 13.0 Å². The normalized spacial score (nSPS) is 14.3. The first-order chi connectivity index (χ1) is 12.4. The Morgan fingerprint density at radius 1 is 1.27 bits per heavy atom. The van der Waals surface area contributed by atoms with Crippen molar-refractivity contribution in [3.05, 3.63) is 64.3 Å². The highest BCUT2D eigenvalue weighted by Crippen LogP contribution is 2.32. The molecule has 132 valence electrons. The first kappa shape index (κ1) is 17.7. The lowest BCUT2D eigenvalue weighted by atomic mass is 9.96. The van der Waals surface area contributed by atoms with Gasteiger partial charge < -0.3 is 4.74 Å². The van der Waals surface area contributed by atoms with E-state index >= 15 is 0 Å². The highest BCUT2D eigenvalue weighted by atomic mass is 19.1. The molecule has 0 spiro atoms. The lowest BCUT2D eigenvalue weighted by Crippen LogP contribution is -2.37. The summed E-state index contributed by atoms with van der Waals surface area (Å²) in [6.07, 6.45) is 4.60. The number of fused-ring (bicyclic) bond motifs is 1. The minimum atomic E-state index is -0.707. The highest BCUT2D eigenvalue weighted by Gasteiger charge is 2.22. The van der Waals surface area contributed by atoms with E-state index in [4.69, 9.17) is 4.74 Å². The van der Waals surface area contributed by atoms with Crippen LogP contribution in [0.25, 0.3) is 11.9 Å². The third kappa shape index (κ3) is 3.47. The van der Waals surface area contributed by atoms with E-state index in [2.05, 4.69) is 11.2 Å². The van der Waals surface area contributed by atoms with Crippen molar-refractivity contribution in [3.63, 3.8) is 0 Å². The molecule has 0 fully saturated rings. The maximum absolute atomic E-state index is 14.2. The molecular weight excluding hydrogens is 343 g/mol. The predicted molar refractivity (Wildman–Crippen MR) is 88.5 cm³/mol. The molecule has 0 saturated heterocycles. The maximum atomic E-state index is 14.2. The van der Waals surface area contributed by atoms with Crippen LogP contribution in [0.5, 0.6) is 11.5 Å². The average molecular weight is 358 g/mol. The molecule has 0 aliphatic heterocycles. The molecule has 3 rings (SSSR count). The molecular formula is C20H15F3NO2+. The van der Waals surface area contributed by atoms with E-state index in [1.165, 1.54) is 37.3 Å². The smallest absolute Gasteiger partial charge is 0.379 e. The van der Waals surface area contributed by atoms with Crippen molar-refractivity contribution in [1.29, 1.82) is 0 Å². The predicted octanol–water partition coefficient (Wildman–Crippen LogP) is 2.83. The summed E-state index contributed by atoms with van der Waals surface area (Å²) in [5, 5.41) is 0.305. The number of hydrogen-bond donors (Lipinski definition) is 0. The zero-order valence-corrected chi connectivity index (χ0v) is 14.1. The molecule has 1 atom stereocenters. The van der Waals surface area contributed by atoms with Gasteiger partial charge in [0.15, 0.2) is 5.83 Å². The van der Waals surface area contributed by atoms with Crippen LogP contribution in [0.3, 0.4) is 0 Å². The van der Waals surface area contributed by atoms with Crippen LogP contribution in [0.15, 0.2) is 36.2 Å². The van der Waals surface area contributed by atoms with Crippen LogP contribution in [0.4, 0.5) is 13.2 Å². The third-order valence-corrected chi connectivity index (χ3v) is 4.14. The minimum Gasteiger partial charge on any atom is -0.441 e. The van der Waals surface area contributed by atoms with Gasteiger partial charge in [0.1, 0.15) is 23.2 Å². The van der Waals surface area contributed by atoms with Crippen LogP contribution in [0.2, 0.25) is 0 Å². The molecule has 3 nitrogen and oxygen atoms in total. The van der Waals surface area contributed by atoms with Crippen molar-refractivity contribution in [2.75, 3.05) is 0 Å². The highest BCUT2D eigenvalue weighted by molar-refractivity contribution is 5.83. The zero-order valence-electron chi connectivity index (χ0n) is 14.1. The van der Waals surface area contributed by atoms with Gasteiger partial charge in [0.25, 0.3) is 5.75 Å². The number of nitrogens with zero attached hydrogens (tertiary/aromatic N) is 1. The Hall–Kier alpha value is -3.07. The number of ether oxygens (including phenoxy) is 1. The molecule has 2 aromatic rings. The Morgan fingerprint density at radius 2 is 2.04 bits per heavy atom. The van der Waals surface area contributed by atoms with E-state index in [1.54, 1.807) is 6.92 Å². The Balaban J connectivity index is 2.06. The Morgan fingerprint density at radius 3 is 2.77 bits per heavy atom. The van der Waals surface area contributed by atoms with Crippen LogP contribution < -0.4 is 20.3 Å². The molecule has 1 aromatic carbocycles. The molecule has 1 aliphatic carbocycles. The SMILES string of the molecule is CC(=O)C(C)c1c(F)cccc1Oc1c#[n+]c2c(c1)=CC=C(F)CC=2F. The van der Waals surface area contributed by atoms with E-state index < -0.39 is 29.8 Å². The lowest BCUT2D eigenvalue weighted by Gasteiger charge is -2.14. The fourth-order valence-electron chi connectivity index (χ4n) is 2.63. The van der Waals surface area contributed by atoms with Crippen LogP contribution in [0.1, 0.15) is 31.7 Å². The molecule has 0 amide bonds. The van der Waals surface area contributed by atoms with E-state index in [9.17, 15) is 18.0 Å². The summed E-state index contributed by atoms with van der Waals surface area (Å²) in [6.45, 7) is 2.95. The summed E-state index contributed by atoms with van der Waals surface area (Å²) in [7, 11) is 0. The number of halogens is 3. The topological polar surface area (TPSA) is 40.4 Å². The first-order valence-electron chi connectivity index (χ1n) is 7.97. The van der Waals surface area contributed by atoms with Gasteiger partial charge in [-0.15, -0.1) is 0 Å². The van der Waals surface area contributed by atoms with Gasteiger partial charge in [0.05, 0.1) is 11.6 Å². The average Bonchev–Trinajstić information content (AvgIpc) is 2.73. The maximum Gasteiger partial charge on any atom is 0.379 e. The van der Waals surface area contributed by atoms with Crippen molar-refractivity contribution < 1.29 is 27.7 Å². The number of allylic oxidation sites excluding steroid dienone is 2. The summed E-state index contributed by atoms with van der Waals surface area (Å²) >= 11 is 0. The van der Waals surface area contributed by atoms with E-state index in [0.717, 1.165) is 6.08 Å². The van der Waals surface area contributed by atoms with Crippen molar-refractivity contribution in [2.24, 2.45) is 0 Å². The molecule has 26 heavy (non-hydrogen) atoms. The van der Waals surface area contributed by atoms with Crippen LogP contribution in [0, 0.1) is 12.0 Å². The van der Waals surface area contributed by atoms with Crippen LogP contribution in [-0.2, 0) is 4.79 Å². The Labute approximate surface area is 148 Å². The number of benzene rings is 1. The summed E-state index contributed by atoms with van der Waals surface area (Å²) in [6, 6.07) is 5.65. The minimum absolute atomic E-state index is 0.0159. The molecule has 1 aliphatic rings. The molecule has 0 radical (unpaired) electrons. The Kier molecular flexibility index (Phi) is 4.81. The summed E-state index contributed by atoms with van der Waals surface area (Å²) < 4.78 is 47.2. The number of aromatic nitrogens is 1. The summed E-state index contributed by atoms with van der Waals surface area (Å²) in [5.74, 6) is -2.56. The lowest BCUT2D eigenvalue weighted by molar-refractivity contribution is -0.316. The third-order valence-electron chi connectivity index (χ3n) is 4.14. The Bertz CT molecular complexity index is 1030. The molecule has 0 bridgehead atoms. The van der Waals surface area contributed by atoms with Crippen molar-refractivity contribution >= 4 is 17.7 Å². The van der Waals surface area contributed by atoms with E-state index in [0.29, 0.717) is 5.22 Å². The van der Waals surface area contributed by atoms with E-state index in [-0.39, 0.29) is 28.2 Å². The van der Waals surface area contributed by atoms with Crippen LogP contribution in [-0.4, -0.2) is 5.78 Å². The second-order valence-corrected chi connectivity index (χ2v) is 5.98. The number of rotatable bonds is 4. The summed E-state index contributed by atoms with van der Waals surface area (Å²) in [4.78, 5) is 15.5.